The molecule has 0 aromatic heterocycles. The summed E-state index contributed by atoms with van der Waals surface area (Å²) in [5, 5.41) is 12.3. The number of hydrogen-bond donors (Lipinski definition) is 7. The standard InChI is InChI=1S/C26H43Cl2N3O10P2/c1-25(2,3)41-24(33)30-22(17-18-7-9-20(10-8-18)31(15-13-27)16-14-28)23(32)29-21-6-4-5-19(21)11-12-26(34,42(35,36)37)43(38,39)40/h7-10,19,21-22,34H,4-6,11-17H2,1-3H3,(H,29,32)(H,30,33)(H2,35,36,37)(H2,38,39,40)/t19?,21?,22-/m0/s1. The van der Waals surface area contributed by atoms with Gasteiger partial charge in [0.05, 0.1) is 0 Å². The molecule has 246 valence electrons. The van der Waals surface area contributed by atoms with Gasteiger partial charge in [-0.1, -0.05) is 18.6 Å². The van der Waals surface area contributed by atoms with Gasteiger partial charge in [-0.15, -0.1) is 23.2 Å². The summed E-state index contributed by atoms with van der Waals surface area (Å²) in [6, 6.07) is 5.82. The largest absolute Gasteiger partial charge is 0.444 e. The predicted octanol–water partition coefficient (Wildman–Crippen LogP) is 3.47. The molecule has 0 aliphatic heterocycles. The lowest BCUT2D eigenvalue weighted by Gasteiger charge is -2.31. The fourth-order valence-corrected chi connectivity index (χ4v) is 7.61. The average Bonchev–Trinajstić information content (AvgIpc) is 3.31. The van der Waals surface area contributed by atoms with Crippen molar-refractivity contribution in [2.24, 2.45) is 5.92 Å². The monoisotopic (exact) mass is 689 g/mol. The predicted molar refractivity (Wildman–Crippen MR) is 165 cm³/mol. The van der Waals surface area contributed by atoms with E-state index in [0.717, 1.165) is 11.3 Å². The average molecular weight is 690 g/mol. The minimum absolute atomic E-state index is 0.115. The van der Waals surface area contributed by atoms with Crippen LogP contribution < -0.4 is 15.5 Å². The van der Waals surface area contributed by atoms with E-state index in [1.807, 2.05) is 29.2 Å². The highest BCUT2D eigenvalue weighted by molar-refractivity contribution is 7.72. The first kappa shape index (κ1) is 37.8. The smallest absolute Gasteiger partial charge is 0.408 e. The molecule has 17 heteroatoms. The van der Waals surface area contributed by atoms with E-state index in [1.54, 1.807) is 20.8 Å². The summed E-state index contributed by atoms with van der Waals surface area (Å²) in [6.07, 6.45) is -0.0896. The van der Waals surface area contributed by atoms with Crippen LogP contribution in [-0.4, -0.2) is 84.3 Å². The summed E-state index contributed by atoms with van der Waals surface area (Å²) in [5.41, 5.74) is 0.824. The number of benzene rings is 1. The molecule has 1 saturated carbocycles. The van der Waals surface area contributed by atoms with Crippen LogP contribution in [0.4, 0.5) is 10.5 Å². The number of rotatable bonds is 15. The summed E-state index contributed by atoms with van der Waals surface area (Å²) >= 11 is 11.8. The van der Waals surface area contributed by atoms with Crippen LogP contribution in [0.5, 0.6) is 0 Å². The molecule has 3 atom stereocenters. The lowest BCUT2D eigenvalue weighted by Crippen LogP contribution is -2.52. The van der Waals surface area contributed by atoms with Gasteiger partial charge in [-0.25, -0.2) is 4.79 Å². The van der Waals surface area contributed by atoms with Crippen molar-refractivity contribution in [1.29, 1.82) is 0 Å². The number of nitrogens with one attached hydrogen (secondary N) is 2. The molecule has 13 nitrogen and oxygen atoms in total. The van der Waals surface area contributed by atoms with Crippen molar-refractivity contribution < 1.29 is 48.1 Å². The Morgan fingerprint density at radius 1 is 1.02 bits per heavy atom. The van der Waals surface area contributed by atoms with Gasteiger partial charge in [-0.05, 0) is 63.6 Å². The summed E-state index contributed by atoms with van der Waals surface area (Å²) in [6.45, 7) is 6.26. The zero-order chi connectivity index (χ0) is 32.6. The molecule has 0 heterocycles. The van der Waals surface area contributed by atoms with Crippen molar-refractivity contribution in [3.63, 3.8) is 0 Å². The number of ether oxygens (including phenoxy) is 1. The van der Waals surface area contributed by atoms with E-state index < -0.39 is 62.3 Å². The van der Waals surface area contributed by atoms with Gasteiger partial charge in [-0.3, -0.25) is 13.9 Å². The van der Waals surface area contributed by atoms with E-state index in [0.29, 0.717) is 44.1 Å². The zero-order valence-electron chi connectivity index (χ0n) is 24.5. The molecule has 0 saturated heterocycles. The lowest BCUT2D eigenvalue weighted by molar-refractivity contribution is -0.124. The number of carbonyl (C=O) groups excluding carboxylic acids is 2. The number of hydrogen-bond acceptors (Lipinski definition) is 7. The zero-order valence-corrected chi connectivity index (χ0v) is 27.8. The molecule has 1 aromatic rings. The molecule has 2 rings (SSSR count). The second-order valence-corrected chi connectivity index (χ2v) is 16.4. The quantitative estimate of drug-likeness (QED) is 0.105. The molecule has 1 aromatic carbocycles. The number of alkyl halides is 2. The van der Waals surface area contributed by atoms with E-state index in [-0.39, 0.29) is 12.8 Å². The maximum atomic E-state index is 13.5. The second kappa shape index (κ2) is 15.7. The van der Waals surface area contributed by atoms with Gasteiger partial charge in [-0.2, -0.15) is 0 Å². The molecule has 2 amide bonds. The molecule has 0 radical (unpaired) electrons. The van der Waals surface area contributed by atoms with E-state index in [9.17, 15) is 43.4 Å². The fourth-order valence-electron chi connectivity index (χ4n) is 5.01. The maximum Gasteiger partial charge on any atom is 0.408 e. The molecule has 1 aliphatic rings. The Kier molecular flexibility index (Phi) is 13.8. The van der Waals surface area contributed by atoms with Crippen molar-refractivity contribution in [2.75, 3.05) is 29.7 Å². The molecule has 7 N–H and O–H groups in total. The summed E-state index contributed by atoms with van der Waals surface area (Å²) < 4.78 is 28.9. The van der Waals surface area contributed by atoms with Crippen LogP contribution in [0.3, 0.4) is 0 Å². The maximum absolute atomic E-state index is 13.5. The van der Waals surface area contributed by atoms with Crippen molar-refractivity contribution in [3.05, 3.63) is 29.8 Å². The van der Waals surface area contributed by atoms with Gasteiger partial charge < -0.3 is 45.0 Å². The SMILES string of the molecule is CC(C)(C)OC(=O)N[C@@H](Cc1ccc(N(CCCl)CCCl)cc1)C(=O)NC1CCCC1CCC(O)(P(=O)(O)O)P(=O)(O)O. The Bertz CT molecular complexity index is 1140. The number of aliphatic hydroxyl groups is 1. The van der Waals surface area contributed by atoms with Crippen molar-refractivity contribution in [3.8, 4) is 0 Å². The Balaban J connectivity index is 2.21. The van der Waals surface area contributed by atoms with Crippen LogP contribution in [0.2, 0.25) is 0 Å². The Morgan fingerprint density at radius 3 is 2.07 bits per heavy atom. The number of anilines is 1. The van der Waals surface area contributed by atoms with Gasteiger partial charge in [0.15, 0.2) is 0 Å². The minimum Gasteiger partial charge on any atom is -0.444 e. The summed E-state index contributed by atoms with van der Waals surface area (Å²) in [5.74, 6) is -0.121. The molecule has 0 spiro atoms. The summed E-state index contributed by atoms with van der Waals surface area (Å²) in [4.78, 5) is 66.0. The first-order chi connectivity index (χ1) is 19.8. The van der Waals surface area contributed by atoms with Crippen LogP contribution in [0, 0.1) is 5.92 Å². The highest BCUT2D eigenvalue weighted by atomic mass is 35.5. The van der Waals surface area contributed by atoms with Crippen LogP contribution in [0.25, 0.3) is 0 Å². The Hall–Kier alpha value is -1.40. The van der Waals surface area contributed by atoms with Crippen molar-refractivity contribution >= 4 is 56.1 Å². The molecule has 1 fully saturated rings. The summed E-state index contributed by atoms with van der Waals surface area (Å²) in [7, 11) is -11.2. The van der Waals surface area contributed by atoms with E-state index in [1.165, 1.54) is 0 Å². The van der Waals surface area contributed by atoms with Gasteiger partial charge in [0.2, 0.25) is 5.91 Å². The molecule has 1 aliphatic carbocycles. The van der Waals surface area contributed by atoms with Crippen molar-refractivity contribution in [2.45, 2.75) is 82.1 Å². The van der Waals surface area contributed by atoms with E-state index in [4.69, 9.17) is 27.9 Å². The molecule has 43 heavy (non-hydrogen) atoms. The fraction of sp³-hybridized carbons (Fsp3) is 0.692. The molecular weight excluding hydrogens is 647 g/mol. The van der Waals surface area contributed by atoms with Crippen molar-refractivity contribution in [1.82, 2.24) is 10.6 Å². The van der Waals surface area contributed by atoms with Crippen LogP contribution in [-0.2, 0) is 25.1 Å². The third-order valence-corrected chi connectivity index (χ3v) is 11.4. The number of alkyl carbamates (subject to hydrolysis) is 1. The first-order valence-corrected chi connectivity index (χ1v) is 18.2. The van der Waals surface area contributed by atoms with E-state index in [2.05, 4.69) is 10.6 Å². The van der Waals surface area contributed by atoms with E-state index >= 15 is 0 Å². The van der Waals surface area contributed by atoms with Crippen LogP contribution in [0.15, 0.2) is 24.3 Å². The Labute approximate surface area is 262 Å². The number of carbonyl (C=O) groups is 2. The van der Waals surface area contributed by atoms with Gasteiger partial charge >= 0.3 is 21.3 Å². The minimum atomic E-state index is -5.59. The number of amides is 2. The topological polar surface area (TPSA) is 206 Å². The highest BCUT2D eigenvalue weighted by Gasteiger charge is 2.59. The lowest BCUT2D eigenvalue weighted by atomic mass is 9.96. The third-order valence-electron chi connectivity index (χ3n) is 7.23. The van der Waals surface area contributed by atoms with Gasteiger partial charge in [0.25, 0.3) is 5.08 Å². The number of nitrogens with zero attached hydrogens (tertiary/aromatic N) is 1. The molecule has 2 unspecified atom stereocenters. The first-order valence-electron chi connectivity index (χ1n) is 13.9. The van der Waals surface area contributed by atoms with Crippen LogP contribution >= 0.6 is 38.4 Å². The van der Waals surface area contributed by atoms with Crippen LogP contribution in [0.1, 0.15) is 58.4 Å². The Morgan fingerprint density at radius 2 is 1.58 bits per heavy atom. The third kappa shape index (κ3) is 11.2. The second-order valence-electron chi connectivity index (χ2n) is 11.6. The van der Waals surface area contributed by atoms with Gasteiger partial charge in [0.1, 0.15) is 11.6 Å². The molecule has 0 bridgehead atoms. The highest BCUT2D eigenvalue weighted by Crippen LogP contribution is 2.69. The number of halogens is 2. The normalized spacial score (nSPS) is 18.7. The molecular formula is C26H43Cl2N3O10P2. The van der Waals surface area contributed by atoms with Gasteiger partial charge in [0, 0.05) is 49.4 Å².